The molecule has 1 aromatic carbocycles. The number of nitrogens with zero attached hydrogens (tertiary/aromatic N) is 2. The third-order valence-electron chi connectivity index (χ3n) is 2.41. The summed E-state index contributed by atoms with van der Waals surface area (Å²) < 4.78 is 1.80. The van der Waals surface area contributed by atoms with Gasteiger partial charge in [0.25, 0.3) is 0 Å². The van der Waals surface area contributed by atoms with Gasteiger partial charge in [-0.15, -0.1) is 0 Å². The highest BCUT2D eigenvalue weighted by molar-refractivity contribution is 6.30. The van der Waals surface area contributed by atoms with E-state index >= 15 is 0 Å². The molecule has 0 aliphatic rings. The average molecular weight is 235 g/mol. The lowest BCUT2D eigenvalue weighted by Crippen LogP contribution is -1.99. The van der Waals surface area contributed by atoms with Crippen molar-refractivity contribution in [2.45, 2.75) is 13.5 Å². The number of carbonyl (C=O) groups is 1. The van der Waals surface area contributed by atoms with Crippen molar-refractivity contribution in [3.05, 3.63) is 41.0 Å². The molecule has 0 saturated heterocycles. The number of hydrogen-bond donors (Lipinski definition) is 0. The van der Waals surface area contributed by atoms with Gasteiger partial charge >= 0.3 is 0 Å². The van der Waals surface area contributed by atoms with E-state index in [1.165, 1.54) is 0 Å². The Balaban J connectivity index is 2.57. The van der Waals surface area contributed by atoms with E-state index in [9.17, 15) is 4.79 Å². The summed E-state index contributed by atoms with van der Waals surface area (Å²) in [4.78, 5) is 10.9. The minimum Gasteiger partial charge on any atom is -0.298 e. The van der Waals surface area contributed by atoms with Gasteiger partial charge in [0.15, 0.2) is 6.29 Å². The SMILES string of the molecule is CCn1ncc(C=O)c1-c1ccc(Cl)cc1. The molecule has 0 aliphatic carbocycles. The Hall–Kier alpha value is -1.61. The van der Waals surface area contributed by atoms with Crippen LogP contribution in [0.15, 0.2) is 30.5 Å². The molecule has 2 aromatic rings. The Kier molecular flexibility index (Phi) is 3.06. The van der Waals surface area contributed by atoms with E-state index < -0.39 is 0 Å². The number of rotatable bonds is 3. The van der Waals surface area contributed by atoms with Crippen LogP contribution in [0, 0.1) is 0 Å². The van der Waals surface area contributed by atoms with Gasteiger partial charge < -0.3 is 0 Å². The molecule has 2 rings (SSSR count). The first-order chi connectivity index (χ1) is 7.76. The Bertz CT molecular complexity index is 502. The van der Waals surface area contributed by atoms with Crippen LogP contribution in [0.4, 0.5) is 0 Å². The smallest absolute Gasteiger partial charge is 0.153 e. The molecule has 0 unspecified atom stereocenters. The molecule has 16 heavy (non-hydrogen) atoms. The van der Waals surface area contributed by atoms with E-state index in [1.54, 1.807) is 23.0 Å². The maximum absolute atomic E-state index is 10.9. The van der Waals surface area contributed by atoms with Crippen molar-refractivity contribution in [3.63, 3.8) is 0 Å². The van der Waals surface area contributed by atoms with Gasteiger partial charge in [-0.3, -0.25) is 9.48 Å². The molecule has 0 N–H and O–H groups in total. The van der Waals surface area contributed by atoms with Crippen molar-refractivity contribution in [1.82, 2.24) is 9.78 Å². The number of carbonyl (C=O) groups excluding carboxylic acids is 1. The number of aromatic nitrogens is 2. The predicted octanol–water partition coefficient (Wildman–Crippen LogP) is 3.04. The molecular weight excluding hydrogens is 224 g/mol. The van der Waals surface area contributed by atoms with Crippen LogP contribution >= 0.6 is 11.6 Å². The largest absolute Gasteiger partial charge is 0.298 e. The monoisotopic (exact) mass is 234 g/mol. The van der Waals surface area contributed by atoms with Crippen molar-refractivity contribution >= 4 is 17.9 Å². The molecule has 0 fully saturated rings. The highest BCUT2D eigenvalue weighted by Gasteiger charge is 2.10. The lowest BCUT2D eigenvalue weighted by molar-refractivity contribution is 0.112. The molecule has 0 atom stereocenters. The van der Waals surface area contributed by atoms with Gasteiger partial charge in [0.05, 0.1) is 17.5 Å². The fourth-order valence-corrected chi connectivity index (χ4v) is 1.78. The summed E-state index contributed by atoms with van der Waals surface area (Å²) in [6.07, 6.45) is 2.41. The van der Waals surface area contributed by atoms with Crippen molar-refractivity contribution < 1.29 is 4.79 Å². The molecule has 0 spiro atoms. The third-order valence-corrected chi connectivity index (χ3v) is 2.66. The molecule has 0 bridgehead atoms. The molecule has 0 aliphatic heterocycles. The number of aryl methyl sites for hydroxylation is 1. The Labute approximate surface area is 98.7 Å². The van der Waals surface area contributed by atoms with Crippen LogP contribution in [0.2, 0.25) is 5.02 Å². The van der Waals surface area contributed by atoms with Crippen LogP contribution in [0.25, 0.3) is 11.3 Å². The van der Waals surface area contributed by atoms with E-state index in [1.807, 2.05) is 19.1 Å². The zero-order valence-corrected chi connectivity index (χ0v) is 9.61. The molecule has 0 radical (unpaired) electrons. The number of halogens is 1. The molecule has 1 aromatic heterocycles. The van der Waals surface area contributed by atoms with Crippen LogP contribution in [0.5, 0.6) is 0 Å². The van der Waals surface area contributed by atoms with E-state index in [0.717, 1.165) is 24.1 Å². The molecule has 4 heteroatoms. The van der Waals surface area contributed by atoms with Gasteiger partial charge in [0.2, 0.25) is 0 Å². The zero-order chi connectivity index (χ0) is 11.5. The zero-order valence-electron chi connectivity index (χ0n) is 8.85. The second-order valence-corrected chi connectivity index (χ2v) is 3.83. The molecule has 3 nitrogen and oxygen atoms in total. The quantitative estimate of drug-likeness (QED) is 0.766. The summed E-state index contributed by atoms with van der Waals surface area (Å²) in [7, 11) is 0. The van der Waals surface area contributed by atoms with Crippen molar-refractivity contribution in [2.24, 2.45) is 0 Å². The number of benzene rings is 1. The van der Waals surface area contributed by atoms with Gasteiger partial charge in [-0.2, -0.15) is 5.10 Å². The van der Waals surface area contributed by atoms with Gasteiger partial charge in [-0.1, -0.05) is 23.7 Å². The molecule has 0 amide bonds. The second kappa shape index (κ2) is 4.49. The van der Waals surface area contributed by atoms with Gasteiger partial charge in [0, 0.05) is 17.1 Å². The summed E-state index contributed by atoms with van der Waals surface area (Å²) in [6, 6.07) is 7.38. The molecule has 82 valence electrons. The van der Waals surface area contributed by atoms with Crippen molar-refractivity contribution in [3.8, 4) is 11.3 Å². The number of aldehydes is 1. The Morgan fingerprint density at radius 1 is 1.38 bits per heavy atom. The number of hydrogen-bond acceptors (Lipinski definition) is 2. The topological polar surface area (TPSA) is 34.9 Å². The van der Waals surface area contributed by atoms with E-state index in [2.05, 4.69) is 5.10 Å². The lowest BCUT2D eigenvalue weighted by Gasteiger charge is -2.05. The first kappa shape index (κ1) is 10.9. The fraction of sp³-hybridized carbons (Fsp3) is 0.167. The standard InChI is InChI=1S/C12H11ClN2O/c1-2-15-12(10(8-16)7-14-15)9-3-5-11(13)6-4-9/h3-8H,2H2,1H3. The first-order valence-corrected chi connectivity index (χ1v) is 5.41. The maximum atomic E-state index is 10.9. The van der Waals surface area contributed by atoms with Crippen LogP contribution in [-0.4, -0.2) is 16.1 Å². The van der Waals surface area contributed by atoms with Crippen molar-refractivity contribution in [2.75, 3.05) is 0 Å². The van der Waals surface area contributed by atoms with Gasteiger partial charge in [-0.05, 0) is 19.1 Å². The van der Waals surface area contributed by atoms with Crippen LogP contribution in [0.3, 0.4) is 0 Å². The van der Waals surface area contributed by atoms with Crippen LogP contribution in [0.1, 0.15) is 17.3 Å². The summed E-state index contributed by atoms with van der Waals surface area (Å²) >= 11 is 5.83. The van der Waals surface area contributed by atoms with Crippen LogP contribution in [-0.2, 0) is 6.54 Å². The average Bonchev–Trinajstić information content (AvgIpc) is 2.73. The fourth-order valence-electron chi connectivity index (χ4n) is 1.65. The second-order valence-electron chi connectivity index (χ2n) is 3.39. The predicted molar refractivity (Wildman–Crippen MR) is 63.7 cm³/mol. The summed E-state index contributed by atoms with van der Waals surface area (Å²) in [6.45, 7) is 2.72. The highest BCUT2D eigenvalue weighted by Crippen LogP contribution is 2.24. The van der Waals surface area contributed by atoms with E-state index in [0.29, 0.717) is 10.6 Å². The van der Waals surface area contributed by atoms with Gasteiger partial charge in [-0.25, -0.2) is 0 Å². The minimum atomic E-state index is 0.601. The summed E-state index contributed by atoms with van der Waals surface area (Å²) in [5.41, 5.74) is 2.39. The summed E-state index contributed by atoms with van der Waals surface area (Å²) in [5, 5.41) is 4.84. The summed E-state index contributed by atoms with van der Waals surface area (Å²) in [5.74, 6) is 0. The van der Waals surface area contributed by atoms with E-state index in [4.69, 9.17) is 11.6 Å². The maximum Gasteiger partial charge on any atom is 0.153 e. The first-order valence-electron chi connectivity index (χ1n) is 5.03. The Morgan fingerprint density at radius 2 is 2.06 bits per heavy atom. The molecular formula is C12H11ClN2O. The van der Waals surface area contributed by atoms with E-state index in [-0.39, 0.29) is 0 Å². The third kappa shape index (κ3) is 1.86. The van der Waals surface area contributed by atoms with Crippen molar-refractivity contribution in [1.29, 1.82) is 0 Å². The van der Waals surface area contributed by atoms with Gasteiger partial charge in [0.1, 0.15) is 0 Å². The van der Waals surface area contributed by atoms with Crippen LogP contribution < -0.4 is 0 Å². The minimum absolute atomic E-state index is 0.601. The lowest BCUT2D eigenvalue weighted by atomic mass is 10.1. The highest BCUT2D eigenvalue weighted by atomic mass is 35.5. The molecule has 1 heterocycles. The molecule has 0 saturated carbocycles. The normalized spacial score (nSPS) is 10.4. The Morgan fingerprint density at radius 3 is 2.62 bits per heavy atom.